The van der Waals surface area contributed by atoms with E-state index < -0.39 is 0 Å². The zero-order chi connectivity index (χ0) is 17.4. The first-order valence-corrected chi connectivity index (χ1v) is 9.91. The number of nitrogens with one attached hydrogen (secondary N) is 2. The number of aromatic nitrogens is 2. The van der Waals surface area contributed by atoms with E-state index >= 15 is 0 Å². The van der Waals surface area contributed by atoms with Gasteiger partial charge in [-0.25, -0.2) is 0 Å². The fourth-order valence-corrected chi connectivity index (χ4v) is 3.65. The second-order valence-corrected chi connectivity index (χ2v) is 8.29. The lowest BCUT2D eigenvalue weighted by atomic mass is 10.0. The molecule has 0 saturated carbocycles. The minimum Gasteiger partial charge on any atom is -0.353 e. The lowest BCUT2D eigenvalue weighted by molar-refractivity contribution is -0.119. The Balaban J connectivity index is 1.73. The molecule has 1 atom stereocenters. The lowest BCUT2D eigenvalue weighted by Gasteiger charge is -2.14. The van der Waals surface area contributed by atoms with E-state index in [-0.39, 0.29) is 11.9 Å². The Bertz CT molecular complexity index is 631. The van der Waals surface area contributed by atoms with E-state index in [1.54, 1.807) is 0 Å². The molecule has 0 saturated heterocycles. The maximum absolute atomic E-state index is 12.0. The van der Waals surface area contributed by atoms with Gasteiger partial charge in [0, 0.05) is 11.7 Å². The van der Waals surface area contributed by atoms with Crippen molar-refractivity contribution in [1.82, 2.24) is 15.5 Å². The van der Waals surface area contributed by atoms with Crippen molar-refractivity contribution in [1.29, 1.82) is 0 Å². The van der Waals surface area contributed by atoms with Gasteiger partial charge in [-0.05, 0) is 37.8 Å². The Morgan fingerprint density at radius 3 is 2.62 bits per heavy atom. The molecule has 0 aliphatic rings. The number of carbonyl (C=O) groups excluding carboxylic acids is 1. The van der Waals surface area contributed by atoms with Gasteiger partial charge in [-0.1, -0.05) is 55.1 Å². The molecule has 2 rings (SSSR count). The Morgan fingerprint density at radius 2 is 1.92 bits per heavy atom. The molecule has 0 fully saturated rings. The van der Waals surface area contributed by atoms with Crippen molar-refractivity contribution in [3.8, 4) is 0 Å². The largest absolute Gasteiger partial charge is 0.353 e. The number of para-hydroxylation sites is 1. The van der Waals surface area contributed by atoms with Gasteiger partial charge < -0.3 is 10.6 Å². The van der Waals surface area contributed by atoms with E-state index in [2.05, 4.69) is 41.6 Å². The molecule has 0 bridgehead atoms. The minimum absolute atomic E-state index is 0.0454. The molecule has 1 heterocycles. The molecule has 2 aromatic rings. The Labute approximate surface area is 151 Å². The SMILES string of the molecule is CC(C)CC[C@H](C)NC(=O)CSc1nnc(Nc2ccccc2)s1. The monoisotopic (exact) mass is 364 g/mol. The van der Waals surface area contributed by atoms with Gasteiger partial charge in [0.1, 0.15) is 0 Å². The van der Waals surface area contributed by atoms with Crippen LogP contribution in [0.2, 0.25) is 0 Å². The number of anilines is 2. The number of hydrogen-bond donors (Lipinski definition) is 2. The van der Waals surface area contributed by atoms with Gasteiger partial charge in [0.2, 0.25) is 11.0 Å². The molecular weight excluding hydrogens is 340 g/mol. The van der Waals surface area contributed by atoms with Gasteiger partial charge in [0.05, 0.1) is 5.75 Å². The maximum Gasteiger partial charge on any atom is 0.230 e. The molecule has 2 N–H and O–H groups in total. The molecular formula is C17H24N4OS2. The molecule has 5 nitrogen and oxygen atoms in total. The predicted molar refractivity (Wildman–Crippen MR) is 102 cm³/mol. The first-order chi connectivity index (χ1) is 11.5. The number of hydrogen-bond acceptors (Lipinski definition) is 6. The summed E-state index contributed by atoms with van der Waals surface area (Å²) in [6, 6.07) is 10.0. The van der Waals surface area contributed by atoms with Gasteiger partial charge in [-0.2, -0.15) is 0 Å². The van der Waals surface area contributed by atoms with Crippen LogP contribution in [0.3, 0.4) is 0 Å². The van der Waals surface area contributed by atoms with Crippen LogP contribution in [0.15, 0.2) is 34.7 Å². The third-order valence-corrected chi connectivity index (χ3v) is 5.31. The van der Waals surface area contributed by atoms with Crippen molar-refractivity contribution in [2.45, 2.75) is 44.0 Å². The first-order valence-electron chi connectivity index (χ1n) is 8.10. The second kappa shape index (κ2) is 9.64. The summed E-state index contributed by atoms with van der Waals surface area (Å²) >= 11 is 2.87. The first kappa shape index (κ1) is 18.7. The summed E-state index contributed by atoms with van der Waals surface area (Å²) in [6.45, 7) is 6.44. The number of nitrogens with zero attached hydrogens (tertiary/aromatic N) is 2. The average Bonchev–Trinajstić information content (AvgIpc) is 2.99. The van der Waals surface area contributed by atoms with Crippen molar-refractivity contribution < 1.29 is 4.79 Å². The lowest BCUT2D eigenvalue weighted by Crippen LogP contribution is -2.33. The van der Waals surface area contributed by atoms with Crippen LogP contribution >= 0.6 is 23.1 Å². The molecule has 0 aliphatic heterocycles. The van der Waals surface area contributed by atoms with E-state index in [0.717, 1.165) is 28.0 Å². The summed E-state index contributed by atoms with van der Waals surface area (Å²) in [4.78, 5) is 12.0. The van der Waals surface area contributed by atoms with E-state index in [4.69, 9.17) is 0 Å². The standard InChI is InChI=1S/C17H24N4OS2/c1-12(2)9-10-13(3)18-15(22)11-23-17-21-20-16(24-17)19-14-7-5-4-6-8-14/h4-8,12-13H,9-11H2,1-3H3,(H,18,22)(H,19,20)/t13-/m0/s1. The normalized spacial score (nSPS) is 12.2. The van der Waals surface area contributed by atoms with Crippen LogP contribution in [0.1, 0.15) is 33.6 Å². The molecule has 1 aromatic carbocycles. The Kier molecular flexibility index (Phi) is 7.52. The third-order valence-electron chi connectivity index (χ3n) is 3.34. The van der Waals surface area contributed by atoms with Crippen LogP contribution < -0.4 is 10.6 Å². The number of benzene rings is 1. The van der Waals surface area contributed by atoms with E-state index in [1.807, 2.05) is 30.3 Å². The van der Waals surface area contributed by atoms with Gasteiger partial charge in [-0.3, -0.25) is 4.79 Å². The van der Waals surface area contributed by atoms with Crippen molar-refractivity contribution in [3.63, 3.8) is 0 Å². The van der Waals surface area contributed by atoms with Crippen molar-refractivity contribution in [3.05, 3.63) is 30.3 Å². The van der Waals surface area contributed by atoms with Gasteiger partial charge >= 0.3 is 0 Å². The Morgan fingerprint density at radius 1 is 1.17 bits per heavy atom. The van der Waals surface area contributed by atoms with E-state index in [0.29, 0.717) is 11.7 Å². The zero-order valence-corrected chi connectivity index (χ0v) is 15.9. The highest BCUT2D eigenvalue weighted by Gasteiger charge is 2.11. The molecule has 0 unspecified atom stereocenters. The van der Waals surface area contributed by atoms with Gasteiger partial charge in [0.15, 0.2) is 4.34 Å². The number of rotatable bonds is 9. The van der Waals surface area contributed by atoms with Crippen molar-refractivity contribution in [2.24, 2.45) is 5.92 Å². The minimum atomic E-state index is 0.0454. The summed E-state index contributed by atoms with van der Waals surface area (Å²) in [5.74, 6) is 1.08. The Hall–Kier alpha value is -1.60. The third kappa shape index (κ3) is 6.88. The highest BCUT2D eigenvalue weighted by molar-refractivity contribution is 8.01. The summed E-state index contributed by atoms with van der Waals surface area (Å²) < 4.78 is 0.790. The highest BCUT2D eigenvalue weighted by Crippen LogP contribution is 2.27. The fourth-order valence-electron chi connectivity index (χ4n) is 2.06. The number of amides is 1. The maximum atomic E-state index is 12.0. The van der Waals surface area contributed by atoms with E-state index in [1.165, 1.54) is 23.1 Å². The molecule has 0 spiro atoms. The number of carbonyl (C=O) groups is 1. The van der Waals surface area contributed by atoms with Gasteiger partial charge in [-0.15, -0.1) is 10.2 Å². The highest BCUT2D eigenvalue weighted by atomic mass is 32.2. The summed E-state index contributed by atoms with van der Waals surface area (Å²) in [6.07, 6.45) is 2.14. The molecule has 1 aromatic heterocycles. The molecule has 130 valence electrons. The molecule has 0 aliphatic carbocycles. The smallest absolute Gasteiger partial charge is 0.230 e. The summed E-state index contributed by atoms with van der Waals surface area (Å²) in [5.41, 5.74) is 0.974. The fraction of sp³-hybridized carbons (Fsp3) is 0.471. The molecule has 0 radical (unpaired) electrons. The molecule has 24 heavy (non-hydrogen) atoms. The van der Waals surface area contributed by atoms with E-state index in [9.17, 15) is 4.79 Å². The average molecular weight is 365 g/mol. The predicted octanol–water partition coefficient (Wildman–Crippen LogP) is 4.31. The summed E-state index contributed by atoms with van der Waals surface area (Å²) in [5, 5.41) is 15.2. The van der Waals surface area contributed by atoms with Crippen LogP contribution in [-0.4, -0.2) is 27.9 Å². The molecule has 1 amide bonds. The van der Waals surface area contributed by atoms with Crippen LogP contribution in [0.4, 0.5) is 10.8 Å². The van der Waals surface area contributed by atoms with Crippen LogP contribution in [0.25, 0.3) is 0 Å². The molecule has 7 heteroatoms. The quantitative estimate of drug-likeness (QED) is 0.649. The topological polar surface area (TPSA) is 66.9 Å². The van der Waals surface area contributed by atoms with Crippen LogP contribution in [-0.2, 0) is 4.79 Å². The van der Waals surface area contributed by atoms with Crippen LogP contribution in [0, 0.1) is 5.92 Å². The van der Waals surface area contributed by atoms with Crippen molar-refractivity contribution in [2.75, 3.05) is 11.1 Å². The summed E-state index contributed by atoms with van der Waals surface area (Å²) in [7, 11) is 0. The van der Waals surface area contributed by atoms with Crippen molar-refractivity contribution >= 4 is 39.8 Å². The van der Waals surface area contributed by atoms with Gasteiger partial charge in [0.25, 0.3) is 0 Å². The number of thioether (sulfide) groups is 1. The van der Waals surface area contributed by atoms with Crippen LogP contribution in [0.5, 0.6) is 0 Å². The zero-order valence-electron chi connectivity index (χ0n) is 14.3. The second-order valence-electron chi connectivity index (χ2n) is 6.09.